The van der Waals surface area contributed by atoms with Crippen LogP contribution in [0.3, 0.4) is 0 Å². The molecule has 2 aromatic carbocycles. The highest BCUT2D eigenvalue weighted by Crippen LogP contribution is 2.38. The lowest BCUT2D eigenvalue weighted by Gasteiger charge is -2.30. The minimum atomic E-state index is -3.70. The topological polar surface area (TPSA) is 71.0 Å². The maximum absolute atomic E-state index is 13.3. The zero-order chi connectivity index (χ0) is 22.5. The molecule has 0 saturated carbocycles. The fourth-order valence-electron chi connectivity index (χ4n) is 4.86. The van der Waals surface area contributed by atoms with E-state index in [0.29, 0.717) is 6.54 Å². The predicted molar refractivity (Wildman–Crippen MR) is 122 cm³/mol. The molecule has 0 spiro atoms. The largest absolute Gasteiger partial charge is 0.347 e. The van der Waals surface area contributed by atoms with Crippen LogP contribution in [0.15, 0.2) is 72.0 Å². The van der Waals surface area contributed by atoms with E-state index in [1.54, 1.807) is 10.5 Å². The van der Waals surface area contributed by atoms with Crippen LogP contribution in [0.25, 0.3) is 22.0 Å². The Labute approximate surface area is 186 Å². The number of aromatic amines is 1. The molecule has 0 amide bonds. The first-order valence-corrected chi connectivity index (χ1v) is 12.0. The number of rotatable bonds is 5. The molecule has 0 radical (unpaired) electrons. The van der Waals surface area contributed by atoms with E-state index in [1.165, 1.54) is 24.3 Å². The van der Waals surface area contributed by atoms with E-state index in [1.807, 2.05) is 20.0 Å². The molecule has 1 aliphatic rings. The summed E-state index contributed by atoms with van der Waals surface area (Å²) in [5, 5.41) is 7.99. The van der Waals surface area contributed by atoms with Crippen LogP contribution in [-0.2, 0) is 16.6 Å². The van der Waals surface area contributed by atoms with Gasteiger partial charge in [0.2, 0.25) is 10.0 Å². The SMILES string of the molecule is CC1(C)CC(Cn2ccc3cc(-c4cn[nH]c4)ccc32)CN1S(=O)(=O)c1ccc(F)cc1. The van der Waals surface area contributed by atoms with Crippen molar-refractivity contribution in [3.05, 3.63) is 72.9 Å². The van der Waals surface area contributed by atoms with Crippen molar-refractivity contribution >= 4 is 20.9 Å². The van der Waals surface area contributed by atoms with Gasteiger partial charge >= 0.3 is 0 Å². The molecule has 1 N–H and O–H groups in total. The Balaban J connectivity index is 1.39. The standard InChI is InChI=1S/C24H25FN4O2S/c1-24(2)12-17(16-29(24)32(30,31)22-6-4-21(25)5-7-22)15-28-10-9-19-11-18(3-8-23(19)28)20-13-26-27-14-20/h3-11,13-14,17H,12,15-16H2,1-2H3,(H,26,27). The number of H-pyrrole nitrogens is 1. The summed E-state index contributed by atoms with van der Waals surface area (Å²) in [5.74, 6) is -0.276. The Morgan fingerprint density at radius 1 is 1.12 bits per heavy atom. The third-order valence-electron chi connectivity index (χ3n) is 6.35. The van der Waals surface area contributed by atoms with Gasteiger partial charge in [-0.15, -0.1) is 0 Å². The number of hydrogen-bond donors (Lipinski definition) is 1. The normalized spacial score (nSPS) is 19.0. The van der Waals surface area contributed by atoms with Crippen LogP contribution >= 0.6 is 0 Å². The number of aromatic nitrogens is 3. The summed E-state index contributed by atoms with van der Waals surface area (Å²) >= 11 is 0. The van der Waals surface area contributed by atoms with E-state index in [9.17, 15) is 12.8 Å². The highest BCUT2D eigenvalue weighted by atomic mass is 32.2. The fraction of sp³-hybridized carbons (Fsp3) is 0.292. The van der Waals surface area contributed by atoms with Gasteiger partial charge in [0.25, 0.3) is 0 Å². The van der Waals surface area contributed by atoms with E-state index in [4.69, 9.17) is 0 Å². The molecule has 6 nitrogen and oxygen atoms in total. The van der Waals surface area contributed by atoms with Crippen molar-refractivity contribution in [2.75, 3.05) is 6.54 Å². The summed E-state index contributed by atoms with van der Waals surface area (Å²) in [7, 11) is -3.70. The van der Waals surface area contributed by atoms with Gasteiger partial charge in [0.05, 0.1) is 11.1 Å². The quantitative estimate of drug-likeness (QED) is 0.479. The van der Waals surface area contributed by atoms with Crippen molar-refractivity contribution < 1.29 is 12.8 Å². The zero-order valence-electron chi connectivity index (χ0n) is 18.0. The first-order valence-electron chi connectivity index (χ1n) is 10.6. The Kier molecular flexibility index (Phi) is 4.94. The lowest BCUT2D eigenvalue weighted by Crippen LogP contribution is -2.42. The monoisotopic (exact) mass is 452 g/mol. The number of fused-ring (bicyclic) bond motifs is 1. The van der Waals surface area contributed by atoms with Crippen molar-refractivity contribution in [1.82, 2.24) is 19.1 Å². The molecule has 1 fully saturated rings. The van der Waals surface area contributed by atoms with Crippen molar-refractivity contribution in [2.24, 2.45) is 5.92 Å². The summed E-state index contributed by atoms with van der Waals surface area (Å²) in [6, 6.07) is 13.5. The molecule has 166 valence electrons. The molecular formula is C24H25FN4O2S. The van der Waals surface area contributed by atoms with E-state index in [0.717, 1.165) is 35.0 Å². The van der Waals surface area contributed by atoms with Crippen LogP contribution in [0.1, 0.15) is 20.3 Å². The molecule has 2 aromatic heterocycles. The van der Waals surface area contributed by atoms with Gasteiger partial charge in [-0.2, -0.15) is 9.40 Å². The lowest BCUT2D eigenvalue weighted by molar-refractivity contribution is 0.291. The van der Waals surface area contributed by atoms with Crippen molar-refractivity contribution in [1.29, 1.82) is 0 Å². The molecule has 1 aliphatic heterocycles. The van der Waals surface area contributed by atoms with Gasteiger partial charge in [-0.25, -0.2) is 12.8 Å². The molecular weight excluding hydrogens is 427 g/mol. The van der Waals surface area contributed by atoms with Crippen LogP contribution in [-0.4, -0.2) is 39.6 Å². The van der Waals surface area contributed by atoms with Crippen molar-refractivity contribution in [3.8, 4) is 11.1 Å². The number of hydrogen-bond acceptors (Lipinski definition) is 3. The Morgan fingerprint density at radius 3 is 2.62 bits per heavy atom. The molecule has 0 aliphatic carbocycles. The Bertz CT molecular complexity index is 1360. The van der Waals surface area contributed by atoms with E-state index < -0.39 is 21.4 Å². The van der Waals surface area contributed by atoms with Crippen LogP contribution in [0.4, 0.5) is 4.39 Å². The van der Waals surface area contributed by atoms with Gasteiger partial charge in [0.15, 0.2) is 0 Å². The van der Waals surface area contributed by atoms with Crippen LogP contribution in [0.2, 0.25) is 0 Å². The average Bonchev–Trinajstić information content (AvgIpc) is 3.47. The average molecular weight is 453 g/mol. The second-order valence-electron chi connectivity index (χ2n) is 9.10. The maximum Gasteiger partial charge on any atom is 0.243 e. The Hall–Kier alpha value is -2.97. The number of halogens is 1. The maximum atomic E-state index is 13.3. The van der Waals surface area contributed by atoms with Crippen molar-refractivity contribution in [3.63, 3.8) is 0 Å². The number of benzene rings is 2. The third kappa shape index (κ3) is 3.63. The summed E-state index contributed by atoms with van der Waals surface area (Å²) in [4.78, 5) is 0.130. The summed E-state index contributed by atoms with van der Waals surface area (Å²) < 4.78 is 43.6. The van der Waals surface area contributed by atoms with Gasteiger partial charge in [0.1, 0.15) is 5.82 Å². The molecule has 32 heavy (non-hydrogen) atoms. The van der Waals surface area contributed by atoms with Crippen LogP contribution < -0.4 is 0 Å². The third-order valence-corrected chi connectivity index (χ3v) is 8.44. The minimum absolute atomic E-state index is 0.130. The van der Waals surface area contributed by atoms with Crippen molar-refractivity contribution in [2.45, 2.75) is 37.2 Å². The van der Waals surface area contributed by atoms with Gasteiger partial charge in [-0.3, -0.25) is 5.10 Å². The molecule has 4 aromatic rings. The number of sulfonamides is 1. The molecule has 0 bridgehead atoms. The first kappa shape index (κ1) is 20.9. The second-order valence-corrected chi connectivity index (χ2v) is 11.0. The zero-order valence-corrected chi connectivity index (χ0v) is 18.8. The summed E-state index contributed by atoms with van der Waals surface area (Å²) in [5.41, 5.74) is 2.74. The lowest BCUT2D eigenvalue weighted by atomic mass is 9.97. The second kappa shape index (κ2) is 7.56. The highest BCUT2D eigenvalue weighted by Gasteiger charge is 2.45. The molecule has 8 heteroatoms. The molecule has 5 rings (SSSR count). The first-order chi connectivity index (χ1) is 15.2. The highest BCUT2D eigenvalue weighted by molar-refractivity contribution is 7.89. The van der Waals surface area contributed by atoms with Crippen LogP contribution in [0, 0.1) is 11.7 Å². The fourth-order valence-corrected chi connectivity index (χ4v) is 6.73. The molecule has 1 atom stereocenters. The van der Waals surface area contributed by atoms with E-state index in [2.05, 4.69) is 45.2 Å². The molecule has 1 unspecified atom stereocenters. The molecule has 3 heterocycles. The number of nitrogens with one attached hydrogen (secondary N) is 1. The summed E-state index contributed by atoms with van der Waals surface area (Å²) in [6.45, 7) is 5.07. The number of nitrogens with zero attached hydrogens (tertiary/aromatic N) is 3. The van der Waals surface area contributed by atoms with E-state index >= 15 is 0 Å². The minimum Gasteiger partial charge on any atom is -0.347 e. The molecule has 1 saturated heterocycles. The smallest absolute Gasteiger partial charge is 0.243 e. The van der Waals surface area contributed by atoms with Crippen LogP contribution in [0.5, 0.6) is 0 Å². The van der Waals surface area contributed by atoms with Gasteiger partial charge < -0.3 is 4.57 Å². The Morgan fingerprint density at radius 2 is 1.91 bits per heavy atom. The predicted octanol–water partition coefficient (Wildman–Crippen LogP) is 4.66. The summed E-state index contributed by atoms with van der Waals surface area (Å²) in [6.07, 6.45) is 6.48. The van der Waals surface area contributed by atoms with E-state index in [-0.39, 0.29) is 10.8 Å². The van der Waals surface area contributed by atoms with Gasteiger partial charge in [-0.05, 0) is 74.2 Å². The van der Waals surface area contributed by atoms with Gasteiger partial charge in [-0.1, -0.05) is 6.07 Å². The van der Waals surface area contributed by atoms with Gasteiger partial charge in [0, 0.05) is 47.5 Å².